The van der Waals surface area contributed by atoms with Gasteiger partial charge in [0.25, 0.3) is 0 Å². The summed E-state index contributed by atoms with van der Waals surface area (Å²) < 4.78 is 10.9. The number of esters is 1. The molecule has 118 valence electrons. The fraction of sp³-hybridized carbons (Fsp3) is 0.933. The lowest BCUT2D eigenvalue weighted by Crippen LogP contribution is -2.51. The van der Waals surface area contributed by atoms with Gasteiger partial charge >= 0.3 is 5.97 Å². The number of likely N-dealkylation sites (N-methyl/N-ethyl adjacent to an activating group) is 1. The number of nitrogens with zero attached hydrogens (tertiary/aromatic N) is 1. The molecule has 1 fully saturated rings. The van der Waals surface area contributed by atoms with Gasteiger partial charge in [0.1, 0.15) is 5.54 Å². The van der Waals surface area contributed by atoms with Crippen LogP contribution in [0, 0.1) is 0 Å². The molecule has 2 atom stereocenters. The summed E-state index contributed by atoms with van der Waals surface area (Å²) in [5, 5.41) is 3.11. The number of ether oxygens (including phenoxy) is 2. The first kappa shape index (κ1) is 17.4. The van der Waals surface area contributed by atoms with E-state index >= 15 is 0 Å². The van der Waals surface area contributed by atoms with Gasteiger partial charge in [-0.25, -0.2) is 0 Å². The third-order valence-electron chi connectivity index (χ3n) is 4.07. The molecule has 5 heteroatoms. The van der Waals surface area contributed by atoms with E-state index in [1.165, 1.54) is 6.42 Å². The minimum Gasteiger partial charge on any atom is -0.465 e. The molecule has 0 bridgehead atoms. The van der Waals surface area contributed by atoms with Gasteiger partial charge in [0.2, 0.25) is 0 Å². The maximum Gasteiger partial charge on any atom is 0.326 e. The van der Waals surface area contributed by atoms with Crippen molar-refractivity contribution in [2.24, 2.45) is 0 Å². The molecule has 5 nitrogen and oxygen atoms in total. The van der Waals surface area contributed by atoms with Gasteiger partial charge in [-0.2, -0.15) is 0 Å². The van der Waals surface area contributed by atoms with E-state index in [1.54, 1.807) is 0 Å². The minimum atomic E-state index is -0.603. The molecule has 0 spiro atoms. The van der Waals surface area contributed by atoms with Crippen molar-refractivity contribution in [1.82, 2.24) is 10.2 Å². The van der Waals surface area contributed by atoms with Crippen molar-refractivity contribution in [3.8, 4) is 0 Å². The second-order valence-electron chi connectivity index (χ2n) is 5.57. The first-order valence-electron chi connectivity index (χ1n) is 7.75. The molecule has 0 aromatic heterocycles. The quantitative estimate of drug-likeness (QED) is 0.684. The van der Waals surface area contributed by atoms with Gasteiger partial charge in [0.05, 0.1) is 12.7 Å². The van der Waals surface area contributed by atoms with Gasteiger partial charge in [0, 0.05) is 19.7 Å². The summed E-state index contributed by atoms with van der Waals surface area (Å²) in [6.07, 6.45) is 3.41. The highest BCUT2D eigenvalue weighted by Gasteiger charge is 2.33. The predicted molar refractivity (Wildman–Crippen MR) is 79.8 cm³/mol. The Balaban J connectivity index is 2.45. The molecule has 1 aliphatic heterocycles. The van der Waals surface area contributed by atoms with Crippen LogP contribution in [0.15, 0.2) is 0 Å². The van der Waals surface area contributed by atoms with Crippen molar-refractivity contribution < 1.29 is 14.3 Å². The van der Waals surface area contributed by atoms with Crippen LogP contribution >= 0.6 is 0 Å². The van der Waals surface area contributed by atoms with E-state index in [4.69, 9.17) is 9.47 Å². The topological polar surface area (TPSA) is 50.8 Å². The van der Waals surface area contributed by atoms with Crippen LogP contribution in [0.25, 0.3) is 0 Å². The Morgan fingerprint density at radius 3 is 2.75 bits per heavy atom. The van der Waals surface area contributed by atoms with Crippen molar-refractivity contribution in [2.75, 3.05) is 39.9 Å². The van der Waals surface area contributed by atoms with Crippen LogP contribution in [0.3, 0.4) is 0 Å². The molecule has 0 saturated carbocycles. The largest absolute Gasteiger partial charge is 0.465 e. The SMILES string of the molecule is CCOC(=O)C(C)(CCN1CCCC(OCC)C1)NC. The number of hydrogen-bond donors (Lipinski definition) is 1. The summed E-state index contributed by atoms with van der Waals surface area (Å²) in [7, 11) is 1.82. The highest BCUT2D eigenvalue weighted by atomic mass is 16.5. The number of rotatable bonds is 8. The van der Waals surface area contributed by atoms with Gasteiger partial charge in [-0.15, -0.1) is 0 Å². The van der Waals surface area contributed by atoms with Gasteiger partial charge in [-0.05, 0) is 53.6 Å². The van der Waals surface area contributed by atoms with E-state index in [0.717, 1.165) is 39.1 Å². The number of piperidine rings is 1. The van der Waals surface area contributed by atoms with Crippen LogP contribution in [0.4, 0.5) is 0 Å². The predicted octanol–water partition coefficient (Wildman–Crippen LogP) is 1.42. The Hall–Kier alpha value is -0.650. The van der Waals surface area contributed by atoms with Crippen LogP contribution in [-0.2, 0) is 14.3 Å². The molecule has 0 aliphatic carbocycles. The van der Waals surface area contributed by atoms with Crippen molar-refractivity contribution in [1.29, 1.82) is 0 Å². The maximum atomic E-state index is 12.0. The van der Waals surface area contributed by atoms with E-state index < -0.39 is 5.54 Å². The second kappa shape index (κ2) is 8.60. The normalized spacial score (nSPS) is 23.3. The molecule has 0 amide bonds. The molecule has 1 saturated heterocycles. The standard InChI is InChI=1S/C15H30N2O3/c1-5-19-13-8-7-10-17(12-13)11-9-15(3,16-4)14(18)20-6-2/h13,16H,5-12H2,1-4H3. The average Bonchev–Trinajstić information content (AvgIpc) is 2.46. The Morgan fingerprint density at radius 2 is 2.15 bits per heavy atom. The molecule has 1 aliphatic rings. The Labute approximate surface area is 123 Å². The van der Waals surface area contributed by atoms with E-state index in [0.29, 0.717) is 12.7 Å². The molecule has 1 rings (SSSR count). The van der Waals surface area contributed by atoms with Crippen molar-refractivity contribution in [3.63, 3.8) is 0 Å². The third-order valence-corrected chi connectivity index (χ3v) is 4.07. The molecule has 1 N–H and O–H groups in total. The molecular weight excluding hydrogens is 256 g/mol. The fourth-order valence-corrected chi connectivity index (χ4v) is 2.59. The van der Waals surface area contributed by atoms with Gasteiger partial charge in [-0.3, -0.25) is 4.79 Å². The Bertz CT molecular complexity index is 297. The van der Waals surface area contributed by atoms with Crippen LogP contribution in [0.2, 0.25) is 0 Å². The zero-order valence-electron chi connectivity index (χ0n) is 13.4. The highest BCUT2D eigenvalue weighted by Crippen LogP contribution is 2.17. The van der Waals surface area contributed by atoms with Gasteiger partial charge < -0.3 is 19.7 Å². The average molecular weight is 286 g/mol. The third kappa shape index (κ3) is 5.04. The summed E-state index contributed by atoms with van der Waals surface area (Å²) in [4.78, 5) is 14.4. The van der Waals surface area contributed by atoms with Gasteiger partial charge in [-0.1, -0.05) is 0 Å². The van der Waals surface area contributed by atoms with E-state index in [9.17, 15) is 4.79 Å². The summed E-state index contributed by atoms with van der Waals surface area (Å²) in [5.74, 6) is -0.166. The number of carbonyl (C=O) groups is 1. The number of likely N-dealkylation sites (tertiary alicyclic amines) is 1. The lowest BCUT2D eigenvalue weighted by atomic mass is 9.97. The summed E-state index contributed by atoms with van der Waals surface area (Å²) in [6.45, 7) is 9.93. The Kier molecular flexibility index (Phi) is 7.48. The van der Waals surface area contributed by atoms with Crippen molar-refractivity contribution in [3.05, 3.63) is 0 Å². The van der Waals surface area contributed by atoms with Gasteiger partial charge in [0.15, 0.2) is 0 Å². The van der Waals surface area contributed by atoms with E-state index in [-0.39, 0.29) is 5.97 Å². The monoisotopic (exact) mass is 286 g/mol. The lowest BCUT2D eigenvalue weighted by Gasteiger charge is -2.35. The van der Waals surface area contributed by atoms with Crippen LogP contribution in [0.1, 0.15) is 40.0 Å². The Morgan fingerprint density at radius 1 is 1.40 bits per heavy atom. The van der Waals surface area contributed by atoms with E-state index in [2.05, 4.69) is 10.2 Å². The first-order valence-corrected chi connectivity index (χ1v) is 7.75. The molecule has 0 aromatic rings. The molecular formula is C15H30N2O3. The summed E-state index contributed by atoms with van der Waals surface area (Å²) in [6, 6.07) is 0. The number of hydrogen-bond acceptors (Lipinski definition) is 5. The van der Waals surface area contributed by atoms with Crippen LogP contribution < -0.4 is 5.32 Å². The number of carbonyl (C=O) groups excluding carboxylic acids is 1. The molecule has 0 radical (unpaired) electrons. The van der Waals surface area contributed by atoms with E-state index in [1.807, 2.05) is 27.8 Å². The van der Waals surface area contributed by atoms with Crippen molar-refractivity contribution in [2.45, 2.75) is 51.7 Å². The summed E-state index contributed by atoms with van der Waals surface area (Å²) >= 11 is 0. The highest BCUT2D eigenvalue weighted by molar-refractivity contribution is 5.80. The number of nitrogens with one attached hydrogen (secondary N) is 1. The first-order chi connectivity index (χ1) is 9.55. The molecule has 1 heterocycles. The lowest BCUT2D eigenvalue weighted by molar-refractivity contribution is -0.150. The van der Waals surface area contributed by atoms with Crippen molar-refractivity contribution >= 4 is 5.97 Å². The zero-order valence-corrected chi connectivity index (χ0v) is 13.4. The van der Waals surface area contributed by atoms with Crippen LogP contribution in [0.5, 0.6) is 0 Å². The summed E-state index contributed by atoms with van der Waals surface area (Å²) in [5.41, 5.74) is -0.603. The molecule has 0 aromatic carbocycles. The smallest absolute Gasteiger partial charge is 0.326 e. The zero-order chi connectivity index (χ0) is 15.0. The van der Waals surface area contributed by atoms with Crippen LogP contribution in [-0.4, -0.2) is 62.4 Å². The fourth-order valence-electron chi connectivity index (χ4n) is 2.59. The molecule has 20 heavy (non-hydrogen) atoms. The minimum absolute atomic E-state index is 0.166. The second-order valence-corrected chi connectivity index (χ2v) is 5.57. The maximum absolute atomic E-state index is 12.0. The molecule has 2 unspecified atom stereocenters.